The molecule has 1 N–H and O–H groups in total. The first-order chi connectivity index (χ1) is 13.1. The average Bonchev–Trinajstić information content (AvgIpc) is 3.15. The van der Waals surface area contributed by atoms with E-state index in [9.17, 15) is 9.59 Å². The van der Waals surface area contributed by atoms with Gasteiger partial charge in [0.1, 0.15) is 10.9 Å². The summed E-state index contributed by atoms with van der Waals surface area (Å²) in [6, 6.07) is 10.5. The van der Waals surface area contributed by atoms with E-state index in [1.807, 2.05) is 29.6 Å². The molecule has 2 aromatic heterocycles. The maximum absolute atomic E-state index is 12.0. The molecule has 0 aliphatic carbocycles. The van der Waals surface area contributed by atoms with Crippen LogP contribution in [0.1, 0.15) is 10.4 Å². The van der Waals surface area contributed by atoms with Crippen LogP contribution in [-0.4, -0.2) is 35.6 Å². The van der Waals surface area contributed by atoms with Crippen LogP contribution < -0.4 is 10.1 Å². The van der Waals surface area contributed by atoms with Crippen LogP contribution in [0.5, 0.6) is 5.75 Å². The van der Waals surface area contributed by atoms with Crippen LogP contribution in [0.25, 0.3) is 11.3 Å². The number of benzene rings is 1. The van der Waals surface area contributed by atoms with Crippen LogP contribution in [0.15, 0.2) is 48.0 Å². The quantitative estimate of drug-likeness (QED) is 0.499. The molecule has 0 atom stereocenters. The highest BCUT2D eigenvalue weighted by Gasteiger charge is 2.15. The van der Waals surface area contributed by atoms with Crippen molar-refractivity contribution in [2.24, 2.45) is 0 Å². The van der Waals surface area contributed by atoms with Crippen LogP contribution in [-0.2, 0) is 9.53 Å². The zero-order chi connectivity index (χ0) is 19.2. The van der Waals surface area contributed by atoms with E-state index in [1.54, 1.807) is 13.2 Å². The van der Waals surface area contributed by atoms with E-state index in [1.165, 1.54) is 23.6 Å². The lowest BCUT2D eigenvalue weighted by Gasteiger charge is -2.05. The molecular weight excluding hydrogens is 390 g/mol. The van der Waals surface area contributed by atoms with E-state index in [0.29, 0.717) is 16.6 Å². The first-order valence-corrected chi connectivity index (χ1v) is 9.00. The third-order valence-electron chi connectivity index (χ3n) is 3.43. The zero-order valence-electron chi connectivity index (χ0n) is 14.1. The molecule has 2 heterocycles. The Kier molecular flexibility index (Phi) is 6.00. The summed E-state index contributed by atoms with van der Waals surface area (Å²) in [5, 5.41) is 4.82. The molecule has 9 heteroatoms. The molecule has 0 radical (unpaired) electrons. The minimum Gasteiger partial charge on any atom is -0.497 e. The summed E-state index contributed by atoms with van der Waals surface area (Å²) >= 11 is 7.08. The predicted octanol–water partition coefficient (Wildman–Crippen LogP) is 3.66. The highest BCUT2D eigenvalue weighted by Crippen LogP contribution is 2.27. The molecule has 7 nitrogen and oxygen atoms in total. The van der Waals surface area contributed by atoms with E-state index in [-0.39, 0.29) is 10.7 Å². The molecule has 0 saturated carbocycles. The number of nitrogens with one attached hydrogen (secondary N) is 1. The van der Waals surface area contributed by atoms with Crippen LogP contribution in [0.4, 0.5) is 5.13 Å². The van der Waals surface area contributed by atoms with Crippen LogP contribution in [0, 0.1) is 0 Å². The third-order valence-corrected chi connectivity index (χ3v) is 4.49. The number of rotatable bonds is 6. The number of hydrogen-bond donors (Lipinski definition) is 1. The van der Waals surface area contributed by atoms with Crippen molar-refractivity contribution in [1.82, 2.24) is 9.97 Å². The lowest BCUT2D eigenvalue weighted by atomic mass is 10.2. The van der Waals surface area contributed by atoms with Gasteiger partial charge in [-0.3, -0.25) is 10.1 Å². The second-order valence-corrected chi connectivity index (χ2v) is 6.45. The molecular formula is C18H14ClN3O4S. The molecule has 0 spiro atoms. The van der Waals surface area contributed by atoms with Crippen LogP contribution >= 0.6 is 22.9 Å². The summed E-state index contributed by atoms with van der Waals surface area (Å²) in [5.41, 5.74) is 1.67. The number of nitrogens with zero attached hydrogens (tertiary/aromatic N) is 2. The number of esters is 1. The third kappa shape index (κ3) is 4.81. The summed E-state index contributed by atoms with van der Waals surface area (Å²) in [4.78, 5) is 32.0. The number of hydrogen-bond acceptors (Lipinski definition) is 7. The topological polar surface area (TPSA) is 90.4 Å². The Morgan fingerprint density at radius 3 is 2.89 bits per heavy atom. The van der Waals surface area contributed by atoms with Crippen molar-refractivity contribution in [3.63, 3.8) is 0 Å². The van der Waals surface area contributed by atoms with E-state index < -0.39 is 18.5 Å². The fourth-order valence-electron chi connectivity index (χ4n) is 2.15. The van der Waals surface area contributed by atoms with Gasteiger partial charge in [-0.1, -0.05) is 23.7 Å². The van der Waals surface area contributed by atoms with Gasteiger partial charge in [0, 0.05) is 17.1 Å². The number of anilines is 1. The summed E-state index contributed by atoms with van der Waals surface area (Å²) in [5.74, 6) is -0.513. The van der Waals surface area contributed by atoms with Gasteiger partial charge in [0.15, 0.2) is 11.7 Å². The smallest absolute Gasteiger partial charge is 0.341 e. The molecule has 138 valence electrons. The SMILES string of the molecule is COc1cccc(-c2csc(NC(=O)COC(=O)c3cccnc3Cl)n2)c1. The Morgan fingerprint density at radius 2 is 2.11 bits per heavy atom. The first-order valence-electron chi connectivity index (χ1n) is 7.74. The van der Waals surface area contributed by atoms with E-state index in [0.717, 1.165) is 5.56 Å². The van der Waals surface area contributed by atoms with Gasteiger partial charge in [-0.05, 0) is 24.3 Å². The van der Waals surface area contributed by atoms with Gasteiger partial charge >= 0.3 is 5.97 Å². The fraction of sp³-hybridized carbons (Fsp3) is 0.111. The van der Waals surface area contributed by atoms with Crippen molar-refractivity contribution in [2.75, 3.05) is 19.0 Å². The highest BCUT2D eigenvalue weighted by atomic mass is 35.5. The van der Waals surface area contributed by atoms with Gasteiger partial charge in [-0.15, -0.1) is 11.3 Å². The maximum atomic E-state index is 12.0. The molecule has 1 aromatic carbocycles. The lowest BCUT2D eigenvalue weighted by Crippen LogP contribution is -2.21. The molecule has 3 aromatic rings. The van der Waals surface area contributed by atoms with Gasteiger partial charge in [-0.25, -0.2) is 14.8 Å². The highest BCUT2D eigenvalue weighted by molar-refractivity contribution is 7.14. The van der Waals surface area contributed by atoms with Gasteiger partial charge in [0.2, 0.25) is 0 Å². The summed E-state index contributed by atoms with van der Waals surface area (Å²) < 4.78 is 10.1. The number of ether oxygens (including phenoxy) is 2. The molecule has 0 saturated heterocycles. The maximum Gasteiger partial charge on any atom is 0.341 e. The minimum atomic E-state index is -0.723. The number of carbonyl (C=O) groups excluding carboxylic acids is 2. The zero-order valence-corrected chi connectivity index (χ0v) is 15.7. The lowest BCUT2D eigenvalue weighted by molar-refractivity contribution is -0.119. The summed E-state index contributed by atoms with van der Waals surface area (Å²) in [6.07, 6.45) is 1.45. The van der Waals surface area contributed by atoms with E-state index in [4.69, 9.17) is 21.1 Å². The van der Waals surface area contributed by atoms with Crippen molar-refractivity contribution in [3.05, 3.63) is 58.7 Å². The Hall–Kier alpha value is -2.97. The summed E-state index contributed by atoms with van der Waals surface area (Å²) in [7, 11) is 1.59. The number of carbonyl (C=O) groups is 2. The molecule has 0 aliphatic heterocycles. The van der Waals surface area contributed by atoms with Crippen molar-refractivity contribution in [3.8, 4) is 17.0 Å². The van der Waals surface area contributed by atoms with Gasteiger partial charge in [-0.2, -0.15) is 0 Å². The number of thiazole rings is 1. The molecule has 0 aliphatic rings. The van der Waals surface area contributed by atoms with E-state index in [2.05, 4.69) is 15.3 Å². The molecule has 0 fully saturated rings. The molecule has 3 rings (SSSR count). The Bertz CT molecular complexity index is 977. The summed E-state index contributed by atoms with van der Waals surface area (Å²) in [6.45, 7) is -0.460. The molecule has 27 heavy (non-hydrogen) atoms. The van der Waals surface area contributed by atoms with Crippen molar-refractivity contribution >= 4 is 39.9 Å². The largest absolute Gasteiger partial charge is 0.497 e. The Balaban J connectivity index is 1.58. The van der Waals surface area contributed by atoms with Crippen LogP contribution in [0.2, 0.25) is 5.15 Å². The first kappa shape index (κ1) is 18.8. The molecule has 0 unspecified atom stereocenters. The average molecular weight is 404 g/mol. The van der Waals surface area contributed by atoms with Crippen molar-refractivity contribution in [2.45, 2.75) is 0 Å². The second kappa shape index (κ2) is 8.61. The predicted molar refractivity (Wildman–Crippen MR) is 102 cm³/mol. The van der Waals surface area contributed by atoms with Gasteiger partial charge in [0.05, 0.1) is 18.4 Å². The number of amides is 1. The van der Waals surface area contributed by atoms with Gasteiger partial charge < -0.3 is 9.47 Å². The Morgan fingerprint density at radius 1 is 1.26 bits per heavy atom. The second-order valence-electron chi connectivity index (χ2n) is 5.24. The van der Waals surface area contributed by atoms with E-state index >= 15 is 0 Å². The molecule has 1 amide bonds. The van der Waals surface area contributed by atoms with Gasteiger partial charge in [0.25, 0.3) is 5.91 Å². The fourth-order valence-corrected chi connectivity index (χ4v) is 3.08. The standard InChI is InChI=1S/C18H14ClN3O4S/c1-25-12-5-2-4-11(8-12)14-10-27-18(21-14)22-15(23)9-26-17(24)13-6-3-7-20-16(13)19/h2-8,10H,9H2,1H3,(H,21,22,23). The van der Waals surface area contributed by atoms with Crippen molar-refractivity contribution < 1.29 is 19.1 Å². The monoisotopic (exact) mass is 403 g/mol. The number of aromatic nitrogens is 2. The number of methoxy groups -OCH3 is 1. The molecule has 0 bridgehead atoms. The van der Waals surface area contributed by atoms with Crippen LogP contribution in [0.3, 0.4) is 0 Å². The number of pyridine rings is 1. The van der Waals surface area contributed by atoms with Crippen molar-refractivity contribution in [1.29, 1.82) is 0 Å². The minimum absolute atomic E-state index is 0.0192. The number of halogens is 1. The Labute approximate surface area is 163 Å². The normalized spacial score (nSPS) is 10.3.